The molecule has 4 rings (SSSR count). The highest BCUT2D eigenvalue weighted by atomic mass is 35.5. The molecule has 0 atom stereocenters. The van der Waals surface area contributed by atoms with Crippen molar-refractivity contribution in [1.29, 1.82) is 0 Å². The molecule has 0 spiro atoms. The number of hydrogen-bond donors (Lipinski definition) is 2. The molecule has 0 aliphatic rings. The SMILES string of the molecule is OCc1cc(Cl)cc(CNCCCCOCCOc2nc3ccccc3c3cnccc23)c1. The zero-order valence-electron chi connectivity index (χ0n) is 18.5. The zero-order valence-corrected chi connectivity index (χ0v) is 19.2. The lowest BCUT2D eigenvalue weighted by molar-refractivity contribution is 0.0966. The third-order valence-corrected chi connectivity index (χ3v) is 5.57. The molecule has 2 N–H and O–H groups in total. The topological polar surface area (TPSA) is 76.5 Å². The van der Waals surface area contributed by atoms with Crippen molar-refractivity contribution in [3.8, 4) is 5.88 Å². The quantitative estimate of drug-likeness (QED) is 0.229. The first-order valence-corrected chi connectivity index (χ1v) is 11.6. The van der Waals surface area contributed by atoms with E-state index in [0.717, 1.165) is 58.7 Å². The van der Waals surface area contributed by atoms with Crippen LogP contribution in [0.3, 0.4) is 0 Å². The van der Waals surface area contributed by atoms with Gasteiger partial charge < -0.3 is 19.9 Å². The summed E-state index contributed by atoms with van der Waals surface area (Å²) >= 11 is 6.07. The number of hydrogen-bond acceptors (Lipinski definition) is 6. The first kappa shape index (κ1) is 23.4. The van der Waals surface area contributed by atoms with Gasteiger partial charge in [-0.05, 0) is 54.8 Å². The predicted molar refractivity (Wildman–Crippen MR) is 132 cm³/mol. The van der Waals surface area contributed by atoms with Gasteiger partial charge in [0.25, 0.3) is 0 Å². The van der Waals surface area contributed by atoms with Crippen molar-refractivity contribution in [3.63, 3.8) is 0 Å². The molecule has 0 bridgehead atoms. The number of para-hydroxylation sites is 1. The Kier molecular flexibility index (Phi) is 8.44. The van der Waals surface area contributed by atoms with E-state index < -0.39 is 0 Å². The second kappa shape index (κ2) is 11.9. The number of unbranched alkanes of at least 4 members (excludes halogenated alkanes) is 1. The smallest absolute Gasteiger partial charge is 0.222 e. The zero-order chi connectivity index (χ0) is 22.9. The monoisotopic (exact) mass is 465 g/mol. The lowest BCUT2D eigenvalue weighted by Gasteiger charge is -2.11. The predicted octanol–water partition coefficient (Wildman–Crippen LogP) is 4.89. The van der Waals surface area contributed by atoms with Crippen molar-refractivity contribution < 1.29 is 14.6 Å². The van der Waals surface area contributed by atoms with Crippen molar-refractivity contribution in [2.24, 2.45) is 0 Å². The summed E-state index contributed by atoms with van der Waals surface area (Å²) < 4.78 is 11.7. The Morgan fingerprint density at radius 2 is 1.79 bits per heavy atom. The summed E-state index contributed by atoms with van der Waals surface area (Å²) in [5, 5.41) is 16.4. The first-order valence-electron chi connectivity index (χ1n) is 11.2. The van der Waals surface area contributed by atoms with Crippen LogP contribution >= 0.6 is 11.6 Å². The van der Waals surface area contributed by atoms with Gasteiger partial charge in [0.05, 0.1) is 18.7 Å². The van der Waals surface area contributed by atoms with Gasteiger partial charge >= 0.3 is 0 Å². The van der Waals surface area contributed by atoms with Gasteiger partial charge in [-0.3, -0.25) is 4.98 Å². The number of aromatic nitrogens is 2. The molecule has 0 unspecified atom stereocenters. The molecule has 0 fully saturated rings. The molecule has 0 aliphatic carbocycles. The number of rotatable bonds is 12. The normalized spacial score (nSPS) is 11.3. The van der Waals surface area contributed by atoms with E-state index in [1.54, 1.807) is 12.3 Å². The molecule has 0 radical (unpaired) electrons. The molecule has 0 amide bonds. The van der Waals surface area contributed by atoms with E-state index in [9.17, 15) is 5.11 Å². The number of nitrogens with one attached hydrogen (secondary N) is 1. The minimum absolute atomic E-state index is 0.00102. The molecular weight excluding hydrogens is 438 g/mol. The number of fused-ring (bicyclic) bond motifs is 3. The third kappa shape index (κ3) is 6.39. The van der Waals surface area contributed by atoms with Crippen LogP contribution in [-0.4, -0.2) is 41.4 Å². The molecule has 0 saturated heterocycles. The Morgan fingerprint density at radius 1 is 0.909 bits per heavy atom. The van der Waals surface area contributed by atoms with Gasteiger partial charge in [-0.25, -0.2) is 4.98 Å². The Balaban J connectivity index is 1.14. The summed E-state index contributed by atoms with van der Waals surface area (Å²) in [5.41, 5.74) is 2.80. The van der Waals surface area contributed by atoms with Gasteiger partial charge in [0, 0.05) is 46.7 Å². The standard InChI is InChI=1S/C26H28ClN3O3/c27-21-14-19(13-20(15-21)18-31)16-28-8-3-4-10-32-11-12-33-26-23-7-9-29-17-24(23)22-5-1-2-6-25(22)30-26/h1-2,5-7,9,13-15,17,28,31H,3-4,8,10-12,16,18H2. The van der Waals surface area contributed by atoms with E-state index in [1.165, 1.54) is 0 Å². The largest absolute Gasteiger partial charge is 0.475 e. The Labute approximate surface area is 198 Å². The molecule has 33 heavy (non-hydrogen) atoms. The van der Waals surface area contributed by atoms with E-state index >= 15 is 0 Å². The second-order valence-electron chi connectivity index (χ2n) is 7.83. The lowest BCUT2D eigenvalue weighted by Crippen LogP contribution is -2.16. The Morgan fingerprint density at radius 3 is 2.70 bits per heavy atom. The van der Waals surface area contributed by atoms with E-state index in [0.29, 0.717) is 30.7 Å². The third-order valence-electron chi connectivity index (χ3n) is 5.36. The molecule has 7 heteroatoms. The fourth-order valence-electron chi connectivity index (χ4n) is 3.77. The maximum Gasteiger partial charge on any atom is 0.222 e. The summed E-state index contributed by atoms with van der Waals surface area (Å²) in [6.07, 6.45) is 5.59. The van der Waals surface area contributed by atoms with Crippen LogP contribution in [-0.2, 0) is 17.9 Å². The molecule has 172 valence electrons. The van der Waals surface area contributed by atoms with Gasteiger partial charge in [-0.1, -0.05) is 35.9 Å². The van der Waals surface area contributed by atoms with Crippen molar-refractivity contribution in [2.75, 3.05) is 26.4 Å². The number of aliphatic hydroxyl groups excluding tert-OH is 1. The van der Waals surface area contributed by atoms with Gasteiger partial charge in [0.1, 0.15) is 6.61 Å². The molecule has 2 aromatic heterocycles. The number of pyridine rings is 2. The molecule has 2 heterocycles. The molecule has 4 aromatic rings. The summed E-state index contributed by atoms with van der Waals surface area (Å²) in [4.78, 5) is 8.93. The maximum absolute atomic E-state index is 9.26. The maximum atomic E-state index is 9.26. The van der Waals surface area contributed by atoms with Gasteiger partial charge in [0.15, 0.2) is 0 Å². The average Bonchev–Trinajstić information content (AvgIpc) is 2.84. The number of benzene rings is 2. The van der Waals surface area contributed by atoms with Crippen LogP contribution in [0, 0.1) is 0 Å². The number of nitrogens with zero attached hydrogens (tertiary/aromatic N) is 2. The average molecular weight is 466 g/mol. The summed E-state index contributed by atoms with van der Waals surface area (Å²) in [7, 11) is 0. The van der Waals surface area contributed by atoms with Crippen molar-refractivity contribution >= 4 is 33.3 Å². The number of halogens is 1. The molecule has 2 aromatic carbocycles. The highest BCUT2D eigenvalue weighted by Crippen LogP contribution is 2.29. The Bertz CT molecular complexity index is 1200. The van der Waals surface area contributed by atoms with Crippen molar-refractivity contribution in [1.82, 2.24) is 15.3 Å². The summed E-state index contributed by atoms with van der Waals surface area (Å²) in [5.74, 6) is 0.615. The highest BCUT2D eigenvalue weighted by Gasteiger charge is 2.09. The van der Waals surface area contributed by atoms with E-state index in [1.807, 2.05) is 42.6 Å². The van der Waals surface area contributed by atoms with Crippen LogP contribution in [0.15, 0.2) is 60.9 Å². The van der Waals surface area contributed by atoms with E-state index in [-0.39, 0.29) is 6.61 Å². The highest BCUT2D eigenvalue weighted by molar-refractivity contribution is 6.30. The fraction of sp³-hybridized carbons (Fsp3) is 0.308. The van der Waals surface area contributed by atoms with Gasteiger partial charge in [-0.15, -0.1) is 0 Å². The molecule has 0 aliphatic heterocycles. The summed E-state index contributed by atoms with van der Waals surface area (Å²) in [6, 6.07) is 15.6. The van der Waals surface area contributed by atoms with E-state index in [4.69, 9.17) is 21.1 Å². The summed E-state index contributed by atoms with van der Waals surface area (Å²) in [6.45, 7) is 3.27. The van der Waals surface area contributed by atoms with Crippen LogP contribution in [0.5, 0.6) is 5.88 Å². The van der Waals surface area contributed by atoms with Gasteiger partial charge in [-0.2, -0.15) is 0 Å². The number of ether oxygens (including phenoxy) is 2. The van der Waals surface area contributed by atoms with Crippen LogP contribution in [0.1, 0.15) is 24.0 Å². The second-order valence-corrected chi connectivity index (χ2v) is 8.26. The van der Waals surface area contributed by atoms with Crippen LogP contribution < -0.4 is 10.1 Å². The van der Waals surface area contributed by atoms with Crippen molar-refractivity contribution in [2.45, 2.75) is 26.0 Å². The van der Waals surface area contributed by atoms with Gasteiger partial charge in [0.2, 0.25) is 5.88 Å². The molecule has 6 nitrogen and oxygen atoms in total. The molecule has 0 saturated carbocycles. The van der Waals surface area contributed by atoms with Crippen molar-refractivity contribution in [3.05, 3.63) is 77.1 Å². The number of aliphatic hydroxyl groups is 1. The first-order chi connectivity index (χ1) is 16.2. The lowest BCUT2D eigenvalue weighted by atomic mass is 10.1. The minimum Gasteiger partial charge on any atom is -0.475 e. The fourth-order valence-corrected chi connectivity index (χ4v) is 4.05. The Hall–Kier alpha value is -2.77. The van der Waals surface area contributed by atoms with E-state index in [2.05, 4.69) is 21.4 Å². The van der Waals surface area contributed by atoms with Crippen LogP contribution in [0.25, 0.3) is 21.7 Å². The van der Waals surface area contributed by atoms with Crippen LogP contribution in [0.2, 0.25) is 5.02 Å². The molecular formula is C26H28ClN3O3. The van der Waals surface area contributed by atoms with Crippen LogP contribution in [0.4, 0.5) is 0 Å². The minimum atomic E-state index is -0.00102.